The molecule has 0 atom stereocenters. The number of hydrogen-bond donors (Lipinski definition) is 1. The molecular formula is C12H17ClN4O. The number of halogens is 1. The van der Waals surface area contributed by atoms with Crippen LogP contribution in [0.25, 0.3) is 0 Å². The van der Waals surface area contributed by atoms with Crippen molar-refractivity contribution in [1.29, 1.82) is 0 Å². The van der Waals surface area contributed by atoms with Crippen molar-refractivity contribution in [2.45, 2.75) is 19.3 Å². The summed E-state index contributed by atoms with van der Waals surface area (Å²) in [5.74, 6) is -0.194. The Labute approximate surface area is 112 Å². The summed E-state index contributed by atoms with van der Waals surface area (Å²) >= 11 is 5.60. The average molecular weight is 269 g/mol. The highest BCUT2D eigenvalue weighted by Gasteiger charge is 2.11. The van der Waals surface area contributed by atoms with Crippen molar-refractivity contribution in [2.24, 2.45) is 0 Å². The zero-order chi connectivity index (χ0) is 12.8. The van der Waals surface area contributed by atoms with E-state index >= 15 is 0 Å². The predicted molar refractivity (Wildman–Crippen MR) is 69.7 cm³/mol. The Kier molecular flexibility index (Phi) is 4.90. The maximum Gasteiger partial charge on any atom is 0.271 e. The van der Waals surface area contributed by atoms with E-state index in [0.717, 1.165) is 13.0 Å². The molecule has 0 aliphatic carbocycles. The first-order chi connectivity index (χ1) is 8.75. The van der Waals surface area contributed by atoms with E-state index in [0.29, 0.717) is 17.4 Å². The highest BCUT2D eigenvalue weighted by molar-refractivity contribution is 6.29. The third-order valence-corrected chi connectivity index (χ3v) is 3.20. The number of likely N-dealkylation sites (tertiary alicyclic amines) is 1. The summed E-state index contributed by atoms with van der Waals surface area (Å²) in [7, 11) is 0. The number of carbonyl (C=O) groups excluding carboxylic acids is 1. The van der Waals surface area contributed by atoms with Gasteiger partial charge in [-0.05, 0) is 51.0 Å². The predicted octanol–water partition coefficient (Wildman–Crippen LogP) is 1.35. The lowest BCUT2D eigenvalue weighted by molar-refractivity contribution is 0.0946. The summed E-state index contributed by atoms with van der Waals surface area (Å²) in [5.41, 5.74) is 0.306. The lowest BCUT2D eigenvalue weighted by Gasteiger charge is -2.14. The van der Waals surface area contributed by atoms with Gasteiger partial charge in [0.15, 0.2) is 10.8 Å². The SMILES string of the molecule is O=C(NCCCN1CCCC1)c1ccc(Cl)nn1. The summed E-state index contributed by atoms with van der Waals surface area (Å²) in [4.78, 5) is 14.1. The van der Waals surface area contributed by atoms with Gasteiger partial charge in [-0.2, -0.15) is 0 Å². The van der Waals surface area contributed by atoms with Crippen molar-refractivity contribution < 1.29 is 4.79 Å². The molecule has 98 valence electrons. The summed E-state index contributed by atoms with van der Waals surface area (Å²) in [6, 6.07) is 3.14. The maximum atomic E-state index is 11.7. The maximum absolute atomic E-state index is 11.7. The molecule has 18 heavy (non-hydrogen) atoms. The van der Waals surface area contributed by atoms with E-state index in [1.807, 2.05) is 0 Å². The Balaban J connectivity index is 1.66. The average Bonchev–Trinajstić information content (AvgIpc) is 2.88. The highest BCUT2D eigenvalue weighted by atomic mass is 35.5. The van der Waals surface area contributed by atoms with Crippen LogP contribution in [0.4, 0.5) is 0 Å². The van der Waals surface area contributed by atoms with E-state index < -0.39 is 0 Å². The molecular weight excluding hydrogens is 252 g/mol. The highest BCUT2D eigenvalue weighted by Crippen LogP contribution is 2.07. The number of hydrogen-bond acceptors (Lipinski definition) is 4. The number of carbonyl (C=O) groups is 1. The molecule has 1 N–H and O–H groups in total. The van der Waals surface area contributed by atoms with E-state index in [9.17, 15) is 4.79 Å². The standard InChI is InChI=1S/C12H17ClN4O/c13-11-5-4-10(15-16-11)12(18)14-6-3-9-17-7-1-2-8-17/h4-5H,1-3,6-9H2,(H,14,18). The molecule has 1 aromatic rings. The van der Waals surface area contributed by atoms with Crippen LogP contribution in [0.5, 0.6) is 0 Å². The smallest absolute Gasteiger partial charge is 0.271 e. The second kappa shape index (κ2) is 6.66. The largest absolute Gasteiger partial charge is 0.351 e. The van der Waals surface area contributed by atoms with Crippen molar-refractivity contribution in [3.8, 4) is 0 Å². The third kappa shape index (κ3) is 3.92. The van der Waals surface area contributed by atoms with Crippen LogP contribution < -0.4 is 5.32 Å². The molecule has 2 heterocycles. The fourth-order valence-electron chi connectivity index (χ4n) is 2.04. The summed E-state index contributed by atoms with van der Waals surface area (Å²) in [5, 5.41) is 10.5. The first-order valence-electron chi connectivity index (χ1n) is 6.25. The zero-order valence-corrected chi connectivity index (χ0v) is 11.0. The van der Waals surface area contributed by atoms with Gasteiger partial charge in [0.25, 0.3) is 5.91 Å². The van der Waals surface area contributed by atoms with Crippen LogP contribution in [0.15, 0.2) is 12.1 Å². The Morgan fingerprint density at radius 3 is 2.78 bits per heavy atom. The molecule has 1 fully saturated rings. The number of nitrogens with one attached hydrogen (secondary N) is 1. The second-order valence-electron chi connectivity index (χ2n) is 4.40. The number of rotatable bonds is 5. The van der Waals surface area contributed by atoms with Gasteiger partial charge in [0.1, 0.15) is 0 Å². The lowest BCUT2D eigenvalue weighted by atomic mass is 10.3. The molecule has 0 unspecified atom stereocenters. The molecule has 1 aliphatic heterocycles. The Bertz CT molecular complexity index is 390. The molecule has 1 saturated heterocycles. The lowest BCUT2D eigenvalue weighted by Crippen LogP contribution is -2.29. The van der Waals surface area contributed by atoms with Gasteiger partial charge in [-0.3, -0.25) is 4.79 Å². The first-order valence-corrected chi connectivity index (χ1v) is 6.63. The van der Waals surface area contributed by atoms with E-state index in [1.165, 1.54) is 25.9 Å². The molecule has 2 rings (SSSR count). The molecule has 0 radical (unpaired) electrons. The quantitative estimate of drug-likeness (QED) is 0.819. The monoisotopic (exact) mass is 268 g/mol. The Morgan fingerprint density at radius 2 is 2.11 bits per heavy atom. The molecule has 1 aliphatic rings. The number of amides is 1. The van der Waals surface area contributed by atoms with Crippen LogP contribution >= 0.6 is 11.6 Å². The van der Waals surface area contributed by atoms with Crippen LogP contribution in [-0.4, -0.2) is 47.2 Å². The van der Waals surface area contributed by atoms with Gasteiger partial charge in [0.2, 0.25) is 0 Å². The van der Waals surface area contributed by atoms with Crippen molar-refractivity contribution in [3.63, 3.8) is 0 Å². The molecule has 6 heteroatoms. The van der Waals surface area contributed by atoms with Crippen molar-refractivity contribution >= 4 is 17.5 Å². The molecule has 5 nitrogen and oxygen atoms in total. The number of nitrogens with zero attached hydrogens (tertiary/aromatic N) is 3. The topological polar surface area (TPSA) is 58.1 Å². The van der Waals surface area contributed by atoms with Gasteiger partial charge < -0.3 is 10.2 Å². The molecule has 0 bridgehead atoms. The Hall–Kier alpha value is -1.20. The fourth-order valence-corrected chi connectivity index (χ4v) is 2.14. The second-order valence-corrected chi connectivity index (χ2v) is 4.79. The van der Waals surface area contributed by atoms with Gasteiger partial charge >= 0.3 is 0 Å². The molecule has 1 aromatic heterocycles. The molecule has 1 amide bonds. The summed E-state index contributed by atoms with van der Waals surface area (Å²) in [6.07, 6.45) is 3.56. The third-order valence-electron chi connectivity index (χ3n) is 3.00. The molecule has 0 aromatic carbocycles. The van der Waals surface area contributed by atoms with E-state index in [-0.39, 0.29) is 5.91 Å². The van der Waals surface area contributed by atoms with Crippen LogP contribution in [0.2, 0.25) is 5.15 Å². The van der Waals surface area contributed by atoms with Crippen molar-refractivity contribution in [3.05, 3.63) is 23.0 Å². The van der Waals surface area contributed by atoms with Crippen LogP contribution in [-0.2, 0) is 0 Å². The van der Waals surface area contributed by atoms with Crippen LogP contribution in [0.3, 0.4) is 0 Å². The van der Waals surface area contributed by atoms with Gasteiger partial charge in [-0.1, -0.05) is 11.6 Å². The van der Waals surface area contributed by atoms with Gasteiger partial charge in [0.05, 0.1) is 0 Å². The minimum Gasteiger partial charge on any atom is -0.351 e. The summed E-state index contributed by atoms with van der Waals surface area (Å²) < 4.78 is 0. The van der Waals surface area contributed by atoms with Crippen LogP contribution in [0, 0.1) is 0 Å². The summed E-state index contributed by atoms with van der Waals surface area (Å²) in [6.45, 7) is 4.10. The minimum atomic E-state index is -0.194. The van der Waals surface area contributed by atoms with E-state index in [1.54, 1.807) is 12.1 Å². The van der Waals surface area contributed by atoms with Crippen molar-refractivity contribution in [2.75, 3.05) is 26.2 Å². The van der Waals surface area contributed by atoms with Gasteiger partial charge in [-0.15, -0.1) is 10.2 Å². The zero-order valence-electron chi connectivity index (χ0n) is 10.2. The van der Waals surface area contributed by atoms with Crippen LogP contribution in [0.1, 0.15) is 29.8 Å². The van der Waals surface area contributed by atoms with Gasteiger partial charge in [0, 0.05) is 6.54 Å². The molecule has 0 spiro atoms. The van der Waals surface area contributed by atoms with Crippen molar-refractivity contribution in [1.82, 2.24) is 20.4 Å². The van der Waals surface area contributed by atoms with E-state index in [2.05, 4.69) is 20.4 Å². The van der Waals surface area contributed by atoms with Gasteiger partial charge in [-0.25, -0.2) is 0 Å². The fraction of sp³-hybridized carbons (Fsp3) is 0.583. The first kappa shape index (κ1) is 13.2. The van der Waals surface area contributed by atoms with E-state index in [4.69, 9.17) is 11.6 Å². The normalized spacial score (nSPS) is 15.8. The number of aromatic nitrogens is 2. The minimum absolute atomic E-state index is 0.194. The Morgan fingerprint density at radius 1 is 1.33 bits per heavy atom. The molecule has 0 saturated carbocycles.